The number of nitrogens with one attached hydrogen (secondary N) is 1. The van der Waals surface area contributed by atoms with Crippen molar-refractivity contribution in [2.45, 2.75) is 25.1 Å². The molecule has 1 heterocycles. The lowest BCUT2D eigenvalue weighted by Gasteiger charge is -2.24. The lowest BCUT2D eigenvalue weighted by Crippen LogP contribution is -2.48. The fourth-order valence-electron chi connectivity index (χ4n) is 2.34. The second kappa shape index (κ2) is 6.23. The Balaban J connectivity index is 2.07. The minimum Gasteiger partial charge on any atom is -0.324 e. The standard InChI is InChI=1S/C13H12F3N3O4/c14-13(15,16)12(21)18-7-1-2-10(18)11(20)17-8-3-5-9(6-4-8)19(22)23/h3-6,10H,1-2,7H2,(H,17,20). The molecule has 1 aliphatic heterocycles. The Labute approximate surface area is 128 Å². The van der Waals surface area contributed by atoms with Gasteiger partial charge in [0, 0.05) is 24.4 Å². The first-order chi connectivity index (χ1) is 10.7. The number of nitrogens with zero attached hydrogens (tertiary/aromatic N) is 2. The van der Waals surface area contributed by atoms with Gasteiger partial charge in [-0.25, -0.2) is 0 Å². The molecule has 2 amide bonds. The monoisotopic (exact) mass is 331 g/mol. The number of rotatable bonds is 3. The second-order valence-corrected chi connectivity index (χ2v) is 4.95. The number of anilines is 1. The summed E-state index contributed by atoms with van der Waals surface area (Å²) in [6.45, 7) is -0.142. The molecule has 0 spiro atoms. The Morgan fingerprint density at radius 1 is 1.26 bits per heavy atom. The number of nitro benzene ring substituents is 1. The summed E-state index contributed by atoms with van der Waals surface area (Å²) in [6.07, 6.45) is -4.61. The first kappa shape index (κ1) is 16.7. The number of hydrogen-bond acceptors (Lipinski definition) is 4. The highest BCUT2D eigenvalue weighted by atomic mass is 19.4. The van der Waals surface area contributed by atoms with Crippen molar-refractivity contribution in [1.82, 2.24) is 4.90 Å². The Morgan fingerprint density at radius 2 is 1.87 bits per heavy atom. The summed E-state index contributed by atoms with van der Waals surface area (Å²) in [5.41, 5.74) is 0.0182. The molecule has 0 aromatic heterocycles. The highest BCUT2D eigenvalue weighted by molar-refractivity contribution is 5.98. The average molecular weight is 331 g/mol. The van der Waals surface area contributed by atoms with E-state index in [1.807, 2.05) is 0 Å². The van der Waals surface area contributed by atoms with Crippen LogP contribution < -0.4 is 5.32 Å². The summed E-state index contributed by atoms with van der Waals surface area (Å²) in [6, 6.07) is 3.63. The van der Waals surface area contributed by atoms with Crippen LogP contribution in [0.25, 0.3) is 0 Å². The van der Waals surface area contributed by atoms with Gasteiger partial charge in [0.25, 0.3) is 5.69 Å². The summed E-state index contributed by atoms with van der Waals surface area (Å²) >= 11 is 0. The number of halogens is 3. The molecule has 1 unspecified atom stereocenters. The molecule has 0 aliphatic carbocycles. The van der Waals surface area contributed by atoms with Gasteiger partial charge in [-0.05, 0) is 25.0 Å². The molecule has 0 radical (unpaired) electrons. The van der Waals surface area contributed by atoms with E-state index >= 15 is 0 Å². The molecule has 1 fully saturated rings. The number of likely N-dealkylation sites (tertiary alicyclic amines) is 1. The number of nitro groups is 1. The van der Waals surface area contributed by atoms with Gasteiger partial charge in [-0.2, -0.15) is 13.2 Å². The Hall–Kier alpha value is -2.65. The molecule has 124 valence electrons. The van der Waals surface area contributed by atoms with Crippen LogP contribution in [0.2, 0.25) is 0 Å². The molecule has 2 rings (SSSR count). The maximum absolute atomic E-state index is 12.5. The molecule has 1 saturated heterocycles. The number of hydrogen-bond donors (Lipinski definition) is 1. The van der Waals surface area contributed by atoms with Gasteiger partial charge < -0.3 is 10.2 Å². The number of carbonyl (C=O) groups excluding carboxylic acids is 2. The smallest absolute Gasteiger partial charge is 0.324 e. The van der Waals surface area contributed by atoms with Crippen molar-refractivity contribution in [2.75, 3.05) is 11.9 Å². The van der Waals surface area contributed by atoms with Crippen LogP contribution in [0.1, 0.15) is 12.8 Å². The molecule has 0 saturated carbocycles. The van der Waals surface area contributed by atoms with Crippen molar-refractivity contribution < 1.29 is 27.7 Å². The summed E-state index contributed by atoms with van der Waals surface area (Å²) in [7, 11) is 0. The lowest BCUT2D eigenvalue weighted by molar-refractivity contribution is -0.384. The molecule has 0 bridgehead atoms. The van der Waals surface area contributed by atoms with Crippen molar-refractivity contribution >= 4 is 23.2 Å². The van der Waals surface area contributed by atoms with Gasteiger partial charge in [-0.15, -0.1) is 0 Å². The summed E-state index contributed by atoms with van der Waals surface area (Å²) < 4.78 is 37.5. The zero-order valence-corrected chi connectivity index (χ0v) is 11.7. The van der Waals surface area contributed by atoms with Crippen LogP contribution in [0.15, 0.2) is 24.3 Å². The van der Waals surface area contributed by atoms with Gasteiger partial charge >= 0.3 is 12.1 Å². The predicted molar refractivity (Wildman–Crippen MR) is 72.5 cm³/mol. The second-order valence-electron chi connectivity index (χ2n) is 4.95. The zero-order valence-electron chi connectivity index (χ0n) is 11.7. The van der Waals surface area contributed by atoms with Crippen LogP contribution >= 0.6 is 0 Å². The van der Waals surface area contributed by atoms with Crippen molar-refractivity contribution in [3.8, 4) is 0 Å². The van der Waals surface area contributed by atoms with E-state index in [1.165, 1.54) is 12.1 Å². The first-order valence-electron chi connectivity index (χ1n) is 6.63. The number of carbonyl (C=O) groups is 2. The SMILES string of the molecule is O=C(Nc1ccc([N+](=O)[O-])cc1)C1CCCN1C(=O)C(F)(F)F. The van der Waals surface area contributed by atoms with Crippen LogP contribution in [0.3, 0.4) is 0 Å². The largest absolute Gasteiger partial charge is 0.471 e. The van der Waals surface area contributed by atoms with E-state index in [1.54, 1.807) is 0 Å². The van der Waals surface area contributed by atoms with Gasteiger partial charge in [0.15, 0.2) is 0 Å². The van der Waals surface area contributed by atoms with Crippen LogP contribution in [0, 0.1) is 10.1 Å². The maximum atomic E-state index is 12.5. The minimum atomic E-state index is -5.03. The van der Waals surface area contributed by atoms with Gasteiger partial charge in [0.2, 0.25) is 5.91 Å². The Bertz CT molecular complexity index is 630. The quantitative estimate of drug-likeness (QED) is 0.678. The van der Waals surface area contributed by atoms with Gasteiger partial charge in [-0.3, -0.25) is 19.7 Å². The number of amides is 2. The van der Waals surface area contributed by atoms with Crippen LogP contribution in [0.5, 0.6) is 0 Å². The summed E-state index contributed by atoms with van der Waals surface area (Å²) in [4.78, 5) is 33.8. The van der Waals surface area contributed by atoms with Gasteiger partial charge in [-0.1, -0.05) is 0 Å². The molecular weight excluding hydrogens is 319 g/mol. The normalized spacial score (nSPS) is 17.9. The third-order valence-corrected chi connectivity index (χ3v) is 3.40. The third-order valence-electron chi connectivity index (χ3n) is 3.40. The van der Waals surface area contributed by atoms with E-state index in [0.717, 1.165) is 12.1 Å². The molecule has 7 nitrogen and oxygen atoms in total. The van der Waals surface area contributed by atoms with Gasteiger partial charge in [0.05, 0.1) is 4.92 Å². The highest BCUT2D eigenvalue weighted by Gasteiger charge is 2.47. The van der Waals surface area contributed by atoms with Crippen LogP contribution in [0.4, 0.5) is 24.5 Å². The molecule has 23 heavy (non-hydrogen) atoms. The fraction of sp³-hybridized carbons (Fsp3) is 0.385. The molecule has 1 N–H and O–H groups in total. The topological polar surface area (TPSA) is 92.5 Å². The van der Waals surface area contributed by atoms with Crippen molar-refractivity contribution in [3.05, 3.63) is 34.4 Å². The molecule has 1 atom stereocenters. The lowest BCUT2D eigenvalue weighted by atomic mass is 10.2. The minimum absolute atomic E-state index is 0.126. The van der Waals surface area contributed by atoms with Crippen LogP contribution in [-0.2, 0) is 9.59 Å². The number of non-ortho nitro benzene ring substituents is 1. The zero-order chi connectivity index (χ0) is 17.2. The van der Waals surface area contributed by atoms with E-state index in [4.69, 9.17) is 0 Å². The van der Waals surface area contributed by atoms with Crippen molar-refractivity contribution in [2.24, 2.45) is 0 Å². The summed E-state index contributed by atoms with van der Waals surface area (Å²) in [5.74, 6) is -2.80. The molecule has 1 aromatic rings. The van der Waals surface area contributed by atoms with E-state index < -0.39 is 29.0 Å². The first-order valence-corrected chi connectivity index (χ1v) is 6.63. The van der Waals surface area contributed by atoms with Crippen molar-refractivity contribution in [1.29, 1.82) is 0 Å². The molecule has 1 aromatic carbocycles. The van der Waals surface area contributed by atoms with E-state index in [2.05, 4.69) is 5.32 Å². The predicted octanol–water partition coefficient (Wildman–Crippen LogP) is 2.09. The number of alkyl halides is 3. The fourth-order valence-corrected chi connectivity index (χ4v) is 2.34. The van der Waals surface area contributed by atoms with E-state index in [0.29, 0.717) is 11.3 Å². The van der Waals surface area contributed by atoms with E-state index in [9.17, 15) is 32.9 Å². The molecule has 10 heteroatoms. The third kappa shape index (κ3) is 3.76. The number of benzene rings is 1. The Kier molecular flexibility index (Phi) is 4.52. The molecule has 1 aliphatic rings. The molecular formula is C13H12F3N3O4. The highest BCUT2D eigenvalue weighted by Crippen LogP contribution is 2.26. The van der Waals surface area contributed by atoms with Crippen molar-refractivity contribution in [3.63, 3.8) is 0 Å². The maximum Gasteiger partial charge on any atom is 0.471 e. The average Bonchev–Trinajstić information content (AvgIpc) is 2.95. The van der Waals surface area contributed by atoms with Gasteiger partial charge in [0.1, 0.15) is 6.04 Å². The Morgan fingerprint density at radius 3 is 2.39 bits per heavy atom. The summed E-state index contributed by atoms with van der Waals surface area (Å²) in [5, 5.41) is 12.9. The van der Waals surface area contributed by atoms with E-state index in [-0.39, 0.29) is 24.3 Å². The van der Waals surface area contributed by atoms with Crippen LogP contribution in [-0.4, -0.2) is 40.4 Å².